The number of thioether (sulfide) groups is 1. The van der Waals surface area contributed by atoms with Crippen LogP contribution in [0.15, 0.2) is 22.7 Å². The van der Waals surface area contributed by atoms with E-state index in [1.165, 1.54) is 5.56 Å². The van der Waals surface area contributed by atoms with Crippen molar-refractivity contribution in [2.75, 3.05) is 18.1 Å². The number of hydrogen-bond donors (Lipinski definition) is 2. The van der Waals surface area contributed by atoms with Crippen LogP contribution in [0.3, 0.4) is 0 Å². The maximum absolute atomic E-state index is 12.0. The Kier molecular flexibility index (Phi) is 10.2. The Labute approximate surface area is 174 Å². The van der Waals surface area contributed by atoms with Crippen molar-refractivity contribution in [3.8, 4) is 5.75 Å². The van der Waals surface area contributed by atoms with Gasteiger partial charge in [0.1, 0.15) is 11.8 Å². The zero-order valence-electron chi connectivity index (χ0n) is 16.5. The van der Waals surface area contributed by atoms with Crippen LogP contribution in [-0.4, -0.2) is 41.1 Å². The van der Waals surface area contributed by atoms with Crippen molar-refractivity contribution >= 4 is 39.6 Å². The second-order valence-electron chi connectivity index (χ2n) is 7.29. The molecule has 0 saturated carbocycles. The van der Waals surface area contributed by atoms with Crippen LogP contribution >= 0.6 is 27.7 Å². The summed E-state index contributed by atoms with van der Waals surface area (Å²) in [6.45, 7) is 8.87. The third kappa shape index (κ3) is 9.02. The van der Waals surface area contributed by atoms with Gasteiger partial charge in [0, 0.05) is 6.42 Å². The van der Waals surface area contributed by atoms with E-state index in [1.54, 1.807) is 11.8 Å². The Morgan fingerprint density at radius 1 is 1.33 bits per heavy atom. The van der Waals surface area contributed by atoms with Crippen LogP contribution in [0.2, 0.25) is 0 Å². The van der Waals surface area contributed by atoms with Crippen molar-refractivity contribution in [2.24, 2.45) is 0 Å². The van der Waals surface area contributed by atoms with Gasteiger partial charge in [0.25, 0.3) is 0 Å². The van der Waals surface area contributed by atoms with Crippen LogP contribution < -0.4 is 10.1 Å². The van der Waals surface area contributed by atoms with E-state index in [9.17, 15) is 14.7 Å². The zero-order valence-corrected chi connectivity index (χ0v) is 18.9. The highest BCUT2D eigenvalue weighted by atomic mass is 79.9. The number of nitrogens with one attached hydrogen (secondary N) is 1. The van der Waals surface area contributed by atoms with Gasteiger partial charge < -0.3 is 15.2 Å². The highest BCUT2D eigenvalue weighted by Crippen LogP contribution is 2.31. The minimum Gasteiger partial charge on any atom is -0.492 e. The highest BCUT2D eigenvalue weighted by Gasteiger charge is 2.19. The lowest BCUT2D eigenvalue weighted by Gasteiger charge is -2.20. The summed E-state index contributed by atoms with van der Waals surface area (Å²) in [4.78, 5) is 23.2. The van der Waals surface area contributed by atoms with Crippen LogP contribution in [0.4, 0.5) is 0 Å². The maximum atomic E-state index is 12.0. The Bertz CT molecular complexity index is 631. The van der Waals surface area contributed by atoms with Crippen molar-refractivity contribution in [3.05, 3.63) is 28.2 Å². The normalized spacial score (nSPS) is 12.5. The summed E-state index contributed by atoms with van der Waals surface area (Å²) in [6, 6.07) is 5.19. The minimum absolute atomic E-state index is 0.0649. The summed E-state index contributed by atoms with van der Waals surface area (Å²) in [5, 5.41) is 11.8. The largest absolute Gasteiger partial charge is 0.492 e. The topological polar surface area (TPSA) is 75.6 Å². The van der Waals surface area contributed by atoms with Gasteiger partial charge >= 0.3 is 5.97 Å². The average molecular weight is 460 g/mol. The molecule has 0 spiro atoms. The van der Waals surface area contributed by atoms with Gasteiger partial charge in [-0.1, -0.05) is 33.8 Å². The number of amides is 1. The molecule has 1 atom stereocenters. The average Bonchev–Trinajstić information content (AvgIpc) is 2.58. The summed E-state index contributed by atoms with van der Waals surface area (Å²) in [6.07, 6.45) is 1.20. The molecule has 0 radical (unpaired) electrons. The molecule has 1 aromatic carbocycles. The van der Waals surface area contributed by atoms with Gasteiger partial charge in [-0.25, -0.2) is 4.79 Å². The Morgan fingerprint density at radius 3 is 2.59 bits per heavy atom. The fraction of sp³-hybridized carbons (Fsp3) is 0.600. The van der Waals surface area contributed by atoms with E-state index in [1.807, 2.05) is 25.1 Å². The molecule has 7 heteroatoms. The molecule has 27 heavy (non-hydrogen) atoms. The number of ether oxygens (including phenoxy) is 1. The third-order valence-corrected chi connectivity index (χ3v) is 5.54. The molecule has 0 heterocycles. The quantitative estimate of drug-likeness (QED) is 0.472. The van der Waals surface area contributed by atoms with Crippen molar-refractivity contribution in [1.29, 1.82) is 0 Å². The van der Waals surface area contributed by atoms with Gasteiger partial charge in [-0.05, 0) is 63.4 Å². The summed E-state index contributed by atoms with van der Waals surface area (Å²) in [5.74, 6) is 1.15. The number of carboxylic acid groups (broad SMARTS) is 1. The Morgan fingerprint density at radius 2 is 2.04 bits per heavy atom. The van der Waals surface area contributed by atoms with Gasteiger partial charge in [-0.2, -0.15) is 11.8 Å². The number of carbonyl (C=O) groups is 2. The molecule has 1 aromatic rings. The molecule has 0 aliphatic carbocycles. The molecule has 2 N–H and O–H groups in total. The summed E-state index contributed by atoms with van der Waals surface area (Å²) >= 11 is 5.19. The first kappa shape index (κ1) is 23.8. The van der Waals surface area contributed by atoms with E-state index in [4.69, 9.17) is 4.74 Å². The fourth-order valence-corrected chi connectivity index (χ4v) is 3.55. The molecule has 0 fully saturated rings. The van der Waals surface area contributed by atoms with Gasteiger partial charge in [0.15, 0.2) is 0 Å². The number of benzene rings is 1. The van der Waals surface area contributed by atoms with Gasteiger partial charge in [0.2, 0.25) is 5.91 Å². The number of carboxylic acids is 1. The summed E-state index contributed by atoms with van der Waals surface area (Å²) < 4.78 is 6.63. The second-order valence-corrected chi connectivity index (χ2v) is 9.54. The lowest BCUT2D eigenvalue weighted by atomic mass is 9.87. The third-order valence-electron chi connectivity index (χ3n) is 3.99. The van der Waals surface area contributed by atoms with Crippen molar-refractivity contribution in [2.45, 2.75) is 58.4 Å². The fourth-order valence-electron chi connectivity index (χ4n) is 2.37. The van der Waals surface area contributed by atoms with Gasteiger partial charge in [-0.3, -0.25) is 4.79 Å². The maximum Gasteiger partial charge on any atom is 0.326 e. The molecular formula is C20H30BrNO4S. The molecule has 0 aliphatic heterocycles. The number of carbonyl (C=O) groups excluding carboxylic acids is 1. The molecule has 0 bridgehead atoms. The first-order chi connectivity index (χ1) is 12.6. The van der Waals surface area contributed by atoms with Crippen molar-refractivity contribution in [3.63, 3.8) is 0 Å². The monoisotopic (exact) mass is 459 g/mol. The van der Waals surface area contributed by atoms with Crippen molar-refractivity contribution < 1.29 is 19.4 Å². The van der Waals surface area contributed by atoms with Crippen LogP contribution in [0.5, 0.6) is 5.75 Å². The smallest absolute Gasteiger partial charge is 0.326 e. The summed E-state index contributed by atoms with van der Waals surface area (Å²) in [7, 11) is 0. The molecule has 1 unspecified atom stereocenters. The first-order valence-electron chi connectivity index (χ1n) is 9.18. The summed E-state index contributed by atoms with van der Waals surface area (Å²) in [5.41, 5.74) is 1.28. The van der Waals surface area contributed by atoms with Crippen LogP contribution in [0.1, 0.15) is 52.5 Å². The molecule has 0 saturated heterocycles. The van der Waals surface area contributed by atoms with E-state index in [0.29, 0.717) is 19.4 Å². The Balaban J connectivity index is 2.40. The lowest BCUT2D eigenvalue weighted by Crippen LogP contribution is -2.41. The lowest BCUT2D eigenvalue weighted by molar-refractivity contribution is -0.141. The molecule has 5 nitrogen and oxygen atoms in total. The predicted molar refractivity (Wildman–Crippen MR) is 115 cm³/mol. The van der Waals surface area contributed by atoms with Gasteiger partial charge in [0.05, 0.1) is 11.1 Å². The molecule has 152 valence electrons. The Hall–Kier alpha value is -1.21. The van der Waals surface area contributed by atoms with Crippen LogP contribution in [0.25, 0.3) is 0 Å². The number of hydrogen-bond acceptors (Lipinski definition) is 4. The van der Waals surface area contributed by atoms with E-state index >= 15 is 0 Å². The minimum atomic E-state index is -0.987. The molecule has 1 amide bonds. The first-order valence-corrected chi connectivity index (χ1v) is 11.1. The predicted octanol–water partition coefficient (Wildman–Crippen LogP) is 4.62. The van der Waals surface area contributed by atoms with Crippen LogP contribution in [-0.2, 0) is 15.0 Å². The number of rotatable bonds is 11. The van der Waals surface area contributed by atoms with E-state index in [-0.39, 0.29) is 17.7 Å². The van der Waals surface area contributed by atoms with E-state index < -0.39 is 12.0 Å². The standard InChI is InChI=1S/C20H30BrNO4S/c1-5-27-12-10-16(19(24)25)22-18(23)7-6-11-26-17-9-8-14(13-15(17)21)20(2,3)4/h8-9,13,16H,5-7,10-12H2,1-4H3,(H,22,23)(H,24,25). The number of halogens is 1. The molecule has 0 aliphatic rings. The van der Waals surface area contributed by atoms with Crippen molar-refractivity contribution in [1.82, 2.24) is 5.32 Å². The SMILES string of the molecule is CCSCCC(NC(=O)CCCOc1ccc(C(C)(C)C)cc1Br)C(=O)O. The van der Waals surface area contributed by atoms with E-state index in [2.05, 4.69) is 42.0 Å². The highest BCUT2D eigenvalue weighted by molar-refractivity contribution is 9.10. The van der Waals surface area contributed by atoms with Crippen LogP contribution in [0, 0.1) is 0 Å². The molecule has 1 rings (SSSR count). The zero-order chi connectivity index (χ0) is 20.4. The molecular weight excluding hydrogens is 430 g/mol. The van der Waals surface area contributed by atoms with Gasteiger partial charge in [-0.15, -0.1) is 0 Å². The molecule has 0 aromatic heterocycles. The number of aliphatic carboxylic acids is 1. The van der Waals surface area contributed by atoms with E-state index in [0.717, 1.165) is 21.7 Å². The second kappa shape index (κ2) is 11.6.